The van der Waals surface area contributed by atoms with Crippen molar-refractivity contribution in [2.24, 2.45) is 18.7 Å². The first-order chi connectivity index (χ1) is 11.6. The number of nitrogens with zero attached hydrogens (tertiary/aromatic N) is 2. The Balaban J connectivity index is 1.58. The van der Waals surface area contributed by atoms with E-state index in [2.05, 4.69) is 33.7 Å². The molecule has 0 bridgehead atoms. The summed E-state index contributed by atoms with van der Waals surface area (Å²) >= 11 is 3.75. The molecule has 136 valence electrons. The molecule has 0 unspecified atom stereocenters. The molecule has 0 aromatic carbocycles. The van der Waals surface area contributed by atoms with Crippen LogP contribution >= 0.6 is 15.9 Å². The lowest BCUT2D eigenvalue weighted by Gasteiger charge is -2.29. The lowest BCUT2D eigenvalue weighted by Crippen LogP contribution is -2.25. The number of hydrogen-bond acceptors (Lipinski definition) is 3. The van der Waals surface area contributed by atoms with Gasteiger partial charge in [-0.25, -0.2) is 4.98 Å². The molecule has 0 saturated heterocycles. The highest BCUT2D eigenvalue weighted by atomic mass is 79.9. The van der Waals surface area contributed by atoms with Crippen LogP contribution in [0.1, 0.15) is 81.3 Å². The van der Waals surface area contributed by atoms with E-state index in [0.29, 0.717) is 16.8 Å². The topological polar surface area (TPSA) is 53.1 Å². The third-order valence-corrected chi connectivity index (χ3v) is 7.10. The second kappa shape index (κ2) is 8.33. The number of imidazole rings is 1. The van der Waals surface area contributed by atoms with Crippen molar-refractivity contribution < 1.29 is 4.74 Å². The summed E-state index contributed by atoms with van der Waals surface area (Å²) in [6.45, 7) is 0. The van der Waals surface area contributed by atoms with Gasteiger partial charge in [0, 0.05) is 36.8 Å². The molecule has 2 aliphatic rings. The smallest absolute Gasteiger partial charge is 0.125 e. The fraction of sp³-hybridized carbons (Fsp3) is 0.842. The number of halogens is 1. The Morgan fingerprint density at radius 3 is 2.50 bits per heavy atom. The normalized spacial score (nSPS) is 32.7. The maximum Gasteiger partial charge on any atom is 0.125 e. The molecule has 2 N–H and O–H groups in total. The summed E-state index contributed by atoms with van der Waals surface area (Å²) in [5, 5.41) is 0. The fourth-order valence-electron chi connectivity index (χ4n) is 4.58. The van der Waals surface area contributed by atoms with Gasteiger partial charge in [0.05, 0.1) is 12.1 Å². The van der Waals surface area contributed by atoms with Crippen LogP contribution in [0.5, 0.6) is 0 Å². The Hall–Kier alpha value is -0.390. The average Bonchev–Trinajstić information content (AvgIpc) is 2.98. The molecule has 2 fully saturated rings. The minimum absolute atomic E-state index is 0.0559. The second-order valence-electron chi connectivity index (χ2n) is 7.77. The van der Waals surface area contributed by atoms with Gasteiger partial charge < -0.3 is 15.0 Å². The summed E-state index contributed by atoms with van der Waals surface area (Å²) in [7, 11) is 3.98. The van der Waals surface area contributed by atoms with Crippen LogP contribution in [0.3, 0.4) is 0 Å². The van der Waals surface area contributed by atoms with Crippen molar-refractivity contribution in [1.29, 1.82) is 0 Å². The monoisotopic (exact) mass is 397 g/mol. The summed E-state index contributed by atoms with van der Waals surface area (Å²) in [6, 6.07) is 0.0559. The number of aromatic nitrogens is 2. The maximum absolute atomic E-state index is 6.54. The quantitative estimate of drug-likeness (QED) is 0.747. The zero-order valence-electron chi connectivity index (χ0n) is 15.1. The van der Waals surface area contributed by atoms with E-state index in [1.807, 2.05) is 7.11 Å². The molecule has 1 atom stereocenters. The van der Waals surface area contributed by atoms with Crippen molar-refractivity contribution in [2.45, 2.75) is 80.7 Å². The van der Waals surface area contributed by atoms with Crippen LogP contribution in [-0.2, 0) is 11.8 Å². The fourth-order valence-corrected chi connectivity index (χ4v) is 5.11. The van der Waals surface area contributed by atoms with Crippen molar-refractivity contribution in [3.05, 3.63) is 17.7 Å². The molecule has 0 spiro atoms. The van der Waals surface area contributed by atoms with Gasteiger partial charge in [-0.3, -0.25) is 0 Å². The minimum Gasteiger partial charge on any atom is -0.381 e. The molecule has 5 heteroatoms. The van der Waals surface area contributed by atoms with E-state index in [-0.39, 0.29) is 6.04 Å². The highest BCUT2D eigenvalue weighted by Crippen LogP contribution is 2.37. The SMILES string of the molecule is COC1CCC(C[C@H](N)c2ncc(C3CCC(Br)CC3)n2C)CC1. The van der Waals surface area contributed by atoms with Crippen molar-refractivity contribution in [2.75, 3.05) is 7.11 Å². The molecule has 2 aliphatic carbocycles. The number of nitrogens with two attached hydrogens (primary N) is 1. The second-order valence-corrected chi connectivity index (χ2v) is 9.06. The van der Waals surface area contributed by atoms with Gasteiger partial charge in [-0.15, -0.1) is 0 Å². The van der Waals surface area contributed by atoms with E-state index in [1.54, 1.807) is 0 Å². The first-order valence-electron chi connectivity index (χ1n) is 9.52. The first-order valence-corrected chi connectivity index (χ1v) is 10.4. The van der Waals surface area contributed by atoms with E-state index in [1.165, 1.54) is 57.1 Å². The predicted octanol–water partition coefficient (Wildman–Crippen LogP) is 4.44. The minimum atomic E-state index is 0.0559. The van der Waals surface area contributed by atoms with Gasteiger partial charge in [-0.05, 0) is 63.7 Å². The van der Waals surface area contributed by atoms with Gasteiger partial charge in [-0.1, -0.05) is 15.9 Å². The highest BCUT2D eigenvalue weighted by Gasteiger charge is 2.27. The van der Waals surface area contributed by atoms with Crippen molar-refractivity contribution in [1.82, 2.24) is 9.55 Å². The molecule has 0 amide bonds. The van der Waals surface area contributed by atoms with Gasteiger partial charge in [0.15, 0.2) is 0 Å². The molecule has 0 radical (unpaired) electrons. The molecule has 4 nitrogen and oxygen atoms in total. The van der Waals surface area contributed by atoms with Crippen LogP contribution in [-0.4, -0.2) is 27.6 Å². The van der Waals surface area contributed by atoms with Gasteiger partial charge in [0.25, 0.3) is 0 Å². The average molecular weight is 398 g/mol. The van der Waals surface area contributed by atoms with Crippen LogP contribution in [0.4, 0.5) is 0 Å². The molecular formula is C19H32BrN3O. The molecule has 0 aliphatic heterocycles. The Labute approximate surface area is 154 Å². The number of ether oxygens (including phenoxy) is 1. The van der Waals surface area contributed by atoms with Gasteiger partial charge in [0.1, 0.15) is 5.82 Å². The summed E-state index contributed by atoms with van der Waals surface area (Å²) in [4.78, 5) is 5.41. The van der Waals surface area contributed by atoms with Crippen LogP contribution in [0, 0.1) is 5.92 Å². The standard InChI is InChI=1S/C19H32BrN3O/c1-23-18(14-5-7-15(20)8-6-14)12-22-19(23)17(21)11-13-3-9-16(24-2)10-4-13/h12-17H,3-11,21H2,1-2H3/t13?,14?,15?,16?,17-/m0/s1. The Bertz CT molecular complexity index is 517. The Kier molecular flexibility index (Phi) is 6.38. The molecule has 2 saturated carbocycles. The Morgan fingerprint density at radius 1 is 1.21 bits per heavy atom. The van der Waals surface area contributed by atoms with Crippen molar-refractivity contribution >= 4 is 15.9 Å². The number of methoxy groups -OCH3 is 1. The van der Waals surface area contributed by atoms with Gasteiger partial charge in [0.2, 0.25) is 0 Å². The highest BCUT2D eigenvalue weighted by molar-refractivity contribution is 9.09. The third-order valence-electron chi connectivity index (χ3n) is 6.18. The van der Waals surface area contributed by atoms with Crippen LogP contribution in [0.15, 0.2) is 6.20 Å². The third kappa shape index (κ3) is 4.23. The predicted molar refractivity (Wildman–Crippen MR) is 101 cm³/mol. The van der Waals surface area contributed by atoms with Gasteiger partial charge in [-0.2, -0.15) is 0 Å². The largest absolute Gasteiger partial charge is 0.381 e. The van der Waals surface area contributed by atoms with E-state index in [4.69, 9.17) is 15.5 Å². The van der Waals surface area contributed by atoms with Crippen molar-refractivity contribution in [3.63, 3.8) is 0 Å². The summed E-state index contributed by atoms with van der Waals surface area (Å²) in [6.07, 6.45) is 13.4. The van der Waals surface area contributed by atoms with E-state index in [0.717, 1.165) is 18.2 Å². The van der Waals surface area contributed by atoms with Crippen molar-refractivity contribution in [3.8, 4) is 0 Å². The number of rotatable bonds is 5. The first kappa shape index (κ1) is 18.4. The number of alkyl halides is 1. The summed E-state index contributed by atoms with van der Waals surface area (Å²) < 4.78 is 7.76. The summed E-state index contributed by atoms with van der Waals surface area (Å²) in [5.41, 5.74) is 7.91. The van der Waals surface area contributed by atoms with E-state index < -0.39 is 0 Å². The van der Waals surface area contributed by atoms with Crippen LogP contribution in [0.25, 0.3) is 0 Å². The van der Waals surface area contributed by atoms with Gasteiger partial charge >= 0.3 is 0 Å². The molecule has 24 heavy (non-hydrogen) atoms. The van der Waals surface area contributed by atoms with Crippen LogP contribution in [0.2, 0.25) is 0 Å². The Morgan fingerprint density at radius 2 is 1.88 bits per heavy atom. The molecule has 3 rings (SSSR count). The van der Waals surface area contributed by atoms with Crippen LogP contribution < -0.4 is 5.73 Å². The number of hydrogen-bond donors (Lipinski definition) is 1. The zero-order valence-corrected chi connectivity index (χ0v) is 16.7. The summed E-state index contributed by atoms with van der Waals surface area (Å²) in [5.74, 6) is 2.43. The van der Waals surface area contributed by atoms with E-state index in [9.17, 15) is 0 Å². The molecule has 1 heterocycles. The lowest BCUT2D eigenvalue weighted by molar-refractivity contribution is 0.0543. The zero-order chi connectivity index (χ0) is 17.1. The lowest BCUT2D eigenvalue weighted by atomic mass is 9.83. The molecule has 1 aromatic heterocycles. The van der Waals surface area contributed by atoms with E-state index >= 15 is 0 Å². The molecule has 1 aromatic rings. The maximum atomic E-state index is 6.54. The molecular weight excluding hydrogens is 366 g/mol.